The quantitative estimate of drug-likeness (QED) is 0.910. The van der Waals surface area contributed by atoms with Crippen molar-refractivity contribution < 1.29 is 9.47 Å². The summed E-state index contributed by atoms with van der Waals surface area (Å²) in [5.41, 5.74) is 7.59. The van der Waals surface area contributed by atoms with Gasteiger partial charge in [0.05, 0.1) is 13.2 Å². The first-order valence-electron chi connectivity index (χ1n) is 7.40. The number of ether oxygens (including phenoxy) is 2. The molecule has 1 aromatic rings. The number of fused-ring (bicyclic) bond motifs is 1. The van der Waals surface area contributed by atoms with E-state index < -0.39 is 0 Å². The van der Waals surface area contributed by atoms with Crippen molar-refractivity contribution in [3.05, 3.63) is 22.7 Å². The van der Waals surface area contributed by atoms with Crippen LogP contribution in [0.25, 0.3) is 0 Å². The molecule has 1 atom stereocenters. The molecule has 2 N–H and O–H groups in total. The molecule has 1 heterocycles. The molecule has 0 radical (unpaired) electrons. The van der Waals surface area contributed by atoms with Crippen molar-refractivity contribution in [3.63, 3.8) is 0 Å². The Bertz CT molecular complexity index is 562. The maximum absolute atomic E-state index is 6.48. The SMILES string of the molecule is CC(N)C1(c2cc3c(cc2Cl)OCC2(CC2)CO3)CC1. The highest BCUT2D eigenvalue weighted by atomic mass is 35.5. The van der Waals surface area contributed by atoms with E-state index >= 15 is 0 Å². The van der Waals surface area contributed by atoms with E-state index in [2.05, 4.69) is 13.0 Å². The molecule has 0 aromatic heterocycles. The lowest BCUT2D eigenvalue weighted by molar-refractivity contribution is 0.197. The van der Waals surface area contributed by atoms with E-state index in [1.165, 1.54) is 12.8 Å². The molecular weight excluding hydrogens is 274 g/mol. The molecule has 1 aromatic carbocycles. The van der Waals surface area contributed by atoms with E-state index in [9.17, 15) is 0 Å². The third-order valence-corrected chi connectivity index (χ3v) is 5.57. The Morgan fingerprint density at radius 3 is 2.20 bits per heavy atom. The Morgan fingerprint density at radius 1 is 1.10 bits per heavy atom. The number of hydrogen-bond donors (Lipinski definition) is 1. The zero-order chi connectivity index (χ0) is 14.0. The summed E-state index contributed by atoms with van der Waals surface area (Å²) in [7, 11) is 0. The van der Waals surface area contributed by atoms with Crippen LogP contribution >= 0.6 is 11.6 Å². The lowest BCUT2D eigenvalue weighted by atomic mass is 9.89. The van der Waals surface area contributed by atoms with Crippen molar-refractivity contribution in [3.8, 4) is 11.5 Å². The van der Waals surface area contributed by atoms with Crippen LogP contribution in [0.3, 0.4) is 0 Å². The second-order valence-corrected chi connectivity index (χ2v) is 7.21. The van der Waals surface area contributed by atoms with Crippen LogP contribution in [-0.2, 0) is 5.41 Å². The van der Waals surface area contributed by atoms with Gasteiger partial charge in [0.15, 0.2) is 11.5 Å². The van der Waals surface area contributed by atoms with Crippen LogP contribution in [0, 0.1) is 5.41 Å². The molecule has 3 aliphatic rings. The molecule has 0 bridgehead atoms. The van der Waals surface area contributed by atoms with Crippen LogP contribution in [0.1, 0.15) is 38.2 Å². The van der Waals surface area contributed by atoms with Crippen molar-refractivity contribution in [1.29, 1.82) is 0 Å². The van der Waals surface area contributed by atoms with E-state index in [0.29, 0.717) is 0 Å². The zero-order valence-electron chi connectivity index (χ0n) is 11.7. The third-order valence-electron chi connectivity index (χ3n) is 5.25. The highest BCUT2D eigenvalue weighted by Crippen LogP contribution is 2.55. The van der Waals surface area contributed by atoms with E-state index in [1.807, 2.05) is 6.07 Å². The average Bonchev–Trinajstić information content (AvgIpc) is 3.30. The largest absolute Gasteiger partial charge is 0.489 e. The molecule has 4 rings (SSSR count). The van der Waals surface area contributed by atoms with Gasteiger partial charge in [-0.2, -0.15) is 0 Å². The van der Waals surface area contributed by atoms with Gasteiger partial charge in [-0.3, -0.25) is 0 Å². The van der Waals surface area contributed by atoms with Gasteiger partial charge in [0.2, 0.25) is 0 Å². The molecular formula is C16H20ClNO2. The fourth-order valence-electron chi connectivity index (χ4n) is 3.22. The molecule has 2 aliphatic carbocycles. The van der Waals surface area contributed by atoms with Crippen molar-refractivity contribution in [1.82, 2.24) is 0 Å². The Kier molecular flexibility index (Phi) is 2.59. The van der Waals surface area contributed by atoms with Gasteiger partial charge in [0, 0.05) is 28.0 Å². The third kappa shape index (κ3) is 1.83. The van der Waals surface area contributed by atoms with Gasteiger partial charge in [0.25, 0.3) is 0 Å². The van der Waals surface area contributed by atoms with Crippen molar-refractivity contribution >= 4 is 11.6 Å². The van der Waals surface area contributed by atoms with Crippen LogP contribution in [0.15, 0.2) is 12.1 Å². The molecule has 0 amide bonds. The molecule has 4 heteroatoms. The summed E-state index contributed by atoms with van der Waals surface area (Å²) < 4.78 is 11.9. The van der Waals surface area contributed by atoms with Gasteiger partial charge < -0.3 is 15.2 Å². The van der Waals surface area contributed by atoms with Gasteiger partial charge in [-0.05, 0) is 44.2 Å². The maximum atomic E-state index is 6.48. The predicted octanol–water partition coefficient (Wildman–Crippen LogP) is 3.27. The fourth-order valence-corrected chi connectivity index (χ4v) is 3.56. The standard InChI is InChI=1S/C16H20ClNO2/c1-10(18)16(4-5-16)11-6-13-14(7-12(11)17)20-9-15(2-3-15)8-19-13/h6-7,10H,2-5,8-9,18H2,1H3. The van der Waals surface area contributed by atoms with E-state index in [0.717, 1.165) is 48.1 Å². The van der Waals surface area contributed by atoms with Crippen molar-refractivity contribution in [2.24, 2.45) is 11.1 Å². The lowest BCUT2D eigenvalue weighted by Crippen LogP contribution is -2.31. The van der Waals surface area contributed by atoms with Crippen LogP contribution in [-0.4, -0.2) is 19.3 Å². The number of nitrogens with two attached hydrogens (primary N) is 1. The fraction of sp³-hybridized carbons (Fsp3) is 0.625. The molecule has 1 unspecified atom stereocenters. The van der Waals surface area contributed by atoms with Gasteiger partial charge in [0.1, 0.15) is 0 Å². The first-order chi connectivity index (χ1) is 9.55. The summed E-state index contributed by atoms with van der Waals surface area (Å²) in [5, 5.41) is 0.758. The van der Waals surface area contributed by atoms with E-state index in [-0.39, 0.29) is 16.9 Å². The molecule has 1 aliphatic heterocycles. The summed E-state index contributed by atoms with van der Waals surface area (Å²) in [6, 6.07) is 4.09. The second kappa shape index (κ2) is 4.05. The van der Waals surface area contributed by atoms with Crippen LogP contribution in [0.5, 0.6) is 11.5 Å². The molecule has 1 spiro atoms. The summed E-state index contributed by atoms with van der Waals surface area (Å²) in [4.78, 5) is 0. The number of halogens is 1. The number of rotatable bonds is 2. The van der Waals surface area contributed by atoms with Crippen molar-refractivity contribution in [2.75, 3.05) is 13.2 Å². The van der Waals surface area contributed by atoms with Crippen LogP contribution in [0.2, 0.25) is 5.02 Å². The first kappa shape index (κ1) is 12.8. The van der Waals surface area contributed by atoms with Gasteiger partial charge in [-0.25, -0.2) is 0 Å². The Labute approximate surface area is 124 Å². The average molecular weight is 294 g/mol. The van der Waals surface area contributed by atoms with E-state index in [4.69, 9.17) is 26.8 Å². The minimum atomic E-state index is 0.0407. The maximum Gasteiger partial charge on any atom is 0.162 e. The molecule has 3 nitrogen and oxygen atoms in total. The summed E-state index contributed by atoms with van der Waals surface area (Å²) >= 11 is 6.48. The lowest BCUT2D eigenvalue weighted by Gasteiger charge is -2.22. The predicted molar refractivity (Wildman–Crippen MR) is 78.7 cm³/mol. The monoisotopic (exact) mass is 293 g/mol. The van der Waals surface area contributed by atoms with E-state index in [1.54, 1.807) is 0 Å². The van der Waals surface area contributed by atoms with Gasteiger partial charge >= 0.3 is 0 Å². The van der Waals surface area contributed by atoms with Gasteiger partial charge in [-0.1, -0.05) is 11.6 Å². The summed E-state index contributed by atoms with van der Waals surface area (Å²) in [5.74, 6) is 1.61. The van der Waals surface area contributed by atoms with Crippen LogP contribution < -0.4 is 15.2 Å². The molecule has 2 fully saturated rings. The summed E-state index contributed by atoms with van der Waals surface area (Å²) in [6.07, 6.45) is 4.61. The smallest absolute Gasteiger partial charge is 0.162 e. The Hall–Kier alpha value is -0.930. The molecule has 20 heavy (non-hydrogen) atoms. The zero-order valence-corrected chi connectivity index (χ0v) is 12.5. The topological polar surface area (TPSA) is 44.5 Å². The van der Waals surface area contributed by atoms with Crippen LogP contribution in [0.4, 0.5) is 0 Å². The highest BCUT2D eigenvalue weighted by Gasteiger charge is 2.50. The minimum absolute atomic E-state index is 0.0407. The molecule has 2 saturated carbocycles. The van der Waals surface area contributed by atoms with Gasteiger partial charge in [-0.15, -0.1) is 0 Å². The normalized spacial score (nSPS) is 25.9. The Balaban J connectivity index is 1.72. The number of benzene rings is 1. The molecule has 0 saturated heterocycles. The Morgan fingerprint density at radius 2 is 1.70 bits per heavy atom. The minimum Gasteiger partial charge on any atom is -0.489 e. The highest BCUT2D eigenvalue weighted by molar-refractivity contribution is 6.31. The second-order valence-electron chi connectivity index (χ2n) is 6.80. The van der Waals surface area contributed by atoms with Crippen molar-refractivity contribution in [2.45, 2.75) is 44.1 Å². The summed E-state index contributed by atoms with van der Waals surface area (Å²) in [6.45, 7) is 3.56. The molecule has 108 valence electrons. The number of hydrogen-bond acceptors (Lipinski definition) is 3. The first-order valence-corrected chi connectivity index (χ1v) is 7.78.